The fourth-order valence-electron chi connectivity index (χ4n) is 3.11. The summed E-state index contributed by atoms with van der Waals surface area (Å²) >= 11 is 3.54. The molecule has 0 saturated heterocycles. The van der Waals surface area contributed by atoms with Crippen LogP contribution in [0.15, 0.2) is 53.0 Å². The maximum Gasteiger partial charge on any atom is 0.243 e. The Morgan fingerprint density at radius 2 is 2.00 bits per heavy atom. The van der Waals surface area contributed by atoms with Crippen LogP contribution in [0.25, 0.3) is 0 Å². The monoisotopic (exact) mass is 385 g/mol. The molecule has 1 N–H and O–H groups in total. The van der Waals surface area contributed by atoms with Crippen molar-refractivity contribution in [3.8, 4) is 5.75 Å². The highest BCUT2D eigenvalue weighted by Crippen LogP contribution is 2.38. The van der Waals surface area contributed by atoms with E-state index in [9.17, 15) is 0 Å². The van der Waals surface area contributed by atoms with Gasteiger partial charge < -0.3 is 10.1 Å². The van der Waals surface area contributed by atoms with E-state index in [0.717, 1.165) is 22.2 Å². The maximum atomic E-state index is 5.36. The molecule has 2 atom stereocenters. The van der Waals surface area contributed by atoms with Crippen LogP contribution in [0, 0.1) is 0 Å². The average Bonchev–Trinajstić information content (AvgIpc) is 3.09. The zero-order chi connectivity index (χ0) is 16.5. The fraction of sp³-hybridized carbons (Fsp3) is 0.235. The van der Waals surface area contributed by atoms with Gasteiger partial charge >= 0.3 is 0 Å². The molecule has 0 bridgehead atoms. The van der Waals surface area contributed by atoms with Crippen molar-refractivity contribution in [2.45, 2.75) is 18.5 Å². The standard InChI is InChI=1S/C17H16BrN5O/c1-24-14-7-3-5-12(9-14)16-10-15(11-4-2-6-13(18)8-11)19-17-20-21-22-23(16)17/h2-9,15-16H,10H2,1H3,(H,19,20,22). The van der Waals surface area contributed by atoms with Gasteiger partial charge in [-0.3, -0.25) is 0 Å². The van der Waals surface area contributed by atoms with Gasteiger partial charge in [0.25, 0.3) is 0 Å². The van der Waals surface area contributed by atoms with Crippen LogP contribution in [-0.4, -0.2) is 27.3 Å². The van der Waals surface area contributed by atoms with Gasteiger partial charge in [-0.1, -0.05) is 45.3 Å². The Labute approximate surface area is 148 Å². The van der Waals surface area contributed by atoms with Crippen LogP contribution in [0.1, 0.15) is 29.6 Å². The zero-order valence-electron chi connectivity index (χ0n) is 13.1. The van der Waals surface area contributed by atoms with Crippen molar-refractivity contribution in [3.05, 3.63) is 64.1 Å². The average molecular weight is 386 g/mol. The first-order chi connectivity index (χ1) is 11.7. The van der Waals surface area contributed by atoms with Crippen molar-refractivity contribution in [1.82, 2.24) is 20.2 Å². The first-order valence-electron chi connectivity index (χ1n) is 7.68. The van der Waals surface area contributed by atoms with E-state index in [-0.39, 0.29) is 12.1 Å². The minimum Gasteiger partial charge on any atom is -0.497 e. The van der Waals surface area contributed by atoms with Crippen molar-refractivity contribution < 1.29 is 4.74 Å². The maximum absolute atomic E-state index is 5.36. The van der Waals surface area contributed by atoms with E-state index in [4.69, 9.17) is 4.74 Å². The molecule has 0 saturated carbocycles. The van der Waals surface area contributed by atoms with E-state index >= 15 is 0 Å². The summed E-state index contributed by atoms with van der Waals surface area (Å²) in [5.41, 5.74) is 2.33. The fourth-order valence-corrected chi connectivity index (χ4v) is 3.52. The van der Waals surface area contributed by atoms with Gasteiger partial charge in [-0.05, 0) is 52.2 Å². The molecule has 24 heavy (non-hydrogen) atoms. The predicted molar refractivity (Wildman–Crippen MR) is 94.1 cm³/mol. The SMILES string of the molecule is COc1cccc(C2CC(c3cccc(Br)c3)Nc3nnnn32)c1. The number of tetrazole rings is 1. The molecule has 2 heterocycles. The van der Waals surface area contributed by atoms with E-state index < -0.39 is 0 Å². The number of methoxy groups -OCH3 is 1. The third-order valence-corrected chi connectivity index (χ3v) is 4.77. The lowest BCUT2D eigenvalue weighted by atomic mass is 9.93. The molecular weight excluding hydrogens is 370 g/mol. The van der Waals surface area contributed by atoms with Gasteiger partial charge in [0.15, 0.2) is 0 Å². The lowest BCUT2D eigenvalue weighted by molar-refractivity contribution is 0.404. The molecule has 122 valence electrons. The molecule has 1 aliphatic heterocycles. The number of hydrogen-bond acceptors (Lipinski definition) is 5. The summed E-state index contributed by atoms with van der Waals surface area (Å²) in [4.78, 5) is 0. The molecule has 6 nitrogen and oxygen atoms in total. The second-order valence-electron chi connectivity index (χ2n) is 5.73. The molecule has 2 aromatic carbocycles. The number of aromatic nitrogens is 4. The van der Waals surface area contributed by atoms with E-state index in [1.165, 1.54) is 5.56 Å². The molecule has 1 aromatic heterocycles. The lowest BCUT2D eigenvalue weighted by Gasteiger charge is -2.31. The van der Waals surface area contributed by atoms with Gasteiger partial charge in [0.1, 0.15) is 5.75 Å². The van der Waals surface area contributed by atoms with Crippen LogP contribution in [0.2, 0.25) is 0 Å². The summed E-state index contributed by atoms with van der Waals surface area (Å²) in [6.07, 6.45) is 0.849. The number of nitrogens with zero attached hydrogens (tertiary/aromatic N) is 4. The number of benzene rings is 2. The van der Waals surface area contributed by atoms with Crippen LogP contribution in [-0.2, 0) is 0 Å². The first-order valence-corrected chi connectivity index (χ1v) is 8.48. The van der Waals surface area contributed by atoms with Gasteiger partial charge in [-0.25, -0.2) is 4.68 Å². The number of halogens is 1. The summed E-state index contributed by atoms with van der Waals surface area (Å²) in [5, 5.41) is 15.5. The summed E-state index contributed by atoms with van der Waals surface area (Å²) in [6.45, 7) is 0. The largest absolute Gasteiger partial charge is 0.497 e. The molecule has 0 fully saturated rings. The van der Waals surface area contributed by atoms with Gasteiger partial charge in [-0.15, -0.1) is 0 Å². The number of fused-ring (bicyclic) bond motifs is 1. The molecule has 0 radical (unpaired) electrons. The Hall–Kier alpha value is -2.41. The zero-order valence-corrected chi connectivity index (χ0v) is 14.6. The van der Waals surface area contributed by atoms with Gasteiger partial charge in [0.05, 0.1) is 19.2 Å². The first kappa shape index (κ1) is 15.1. The molecule has 1 aliphatic rings. The normalized spacial score (nSPS) is 19.4. The second kappa shape index (κ2) is 6.24. The second-order valence-corrected chi connectivity index (χ2v) is 6.64. The quantitative estimate of drug-likeness (QED) is 0.745. The van der Waals surface area contributed by atoms with Crippen molar-refractivity contribution in [1.29, 1.82) is 0 Å². The predicted octanol–water partition coefficient (Wildman–Crippen LogP) is 3.59. The smallest absolute Gasteiger partial charge is 0.243 e. The van der Waals surface area contributed by atoms with Crippen molar-refractivity contribution in [2.75, 3.05) is 12.4 Å². The summed E-state index contributed by atoms with van der Waals surface area (Å²) in [5.74, 6) is 1.51. The Balaban J connectivity index is 1.74. The molecule has 0 amide bonds. The van der Waals surface area contributed by atoms with Crippen molar-refractivity contribution in [3.63, 3.8) is 0 Å². The minimum absolute atomic E-state index is 0.0512. The van der Waals surface area contributed by atoms with Crippen molar-refractivity contribution in [2.24, 2.45) is 0 Å². The minimum atomic E-state index is 0.0512. The van der Waals surface area contributed by atoms with Crippen LogP contribution in [0.3, 0.4) is 0 Å². The van der Waals surface area contributed by atoms with Gasteiger partial charge in [-0.2, -0.15) is 0 Å². The topological polar surface area (TPSA) is 64.9 Å². The van der Waals surface area contributed by atoms with Crippen LogP contribution >= 0.6 is 15.9 Å². The molecule has 3 aromatic rings. The highest BCUT2D eigenvalue weighted by atomic mass is 79.9. The number of ether oxygens (including phenoxy) is 1. The van der Waals surface area contributed by atoms with Gasteiger partial charge in [0, 0.05) is 4.47 Å². The van der Waals surface area contributed by atoms with Crippen LogP contribution < -0.4 is 10.1 Å². The Morgan fingerprint density at radius 3 is 2.83 bits per heavy atom. The van der Waals surface area contributed by atoms with E-state index in [2.05, 4.69) is 55.0 Å². The number of hydrogen-bond donors (Lipinski definition) is 1. The van der Waals surface area contributed by atoms with Gasteiger partial charge in [0.2, 0.25) is 5.95 Å². The van der Waals surface area contributed by atoms with E-state index in [1.54, 1.807) is 7.11 Å². The molecule has 0 spiro atoms. The number of rotatable bonds is 3. The van der Waals surface area contributed by atoms with Crippen LogP contribution in [0.4, 0.5) is 5.95 Å². The Morgan fingerprint density at radius 1 is 1.17 bits per heavy atom. The van der Waals surface area contributed by atoms with E-state index in [0.29, 0.717) is 5.95 Å². The van der Waals surface area contributed by atoms with Crippen LogP contribution in [0.5, 0.6) is 5.75 Å². The Bertz CT molecular complexity index is 865. The number of anilines is 1. The molecule has 7 heteroatoms. The highest BCUT2D eigenvalue weighted by molar-refractivity contribution is 9.10. The Kier molecular flexibility index (Phi) is 3.93. The molecule has 0 aliphatic carbocycles. The van der Waals surface area contributed by atoms with E-state index in [1.807, 2.05) is 35.0 Å². The molecular formula is C17H16BrN5O. The highest BCUT2D eigenvalue weighted by Gasteiger charge is 2.30. The third-order valence-electron chi connectivity index (χ3n) is 4.28. The number of nitrogens with one attached hydrogen (secondary N) is 1. The lowest BCUT2D eigenvalue weighted by Crippen LogP contribution is -2.28. The molecule has 4 rings (SSSR count). The summed E-state index contributed by atoms with van der Waals surface area (Å²) < 4.78 is 8.26. The molecule has 2 unspecified atom stereocenters. The summed E-state index contributed by atoms with van der Waals surface area (Å²) in [6, 6.07) is 16.6. The third kappa shape index (κ3) is 2.75. The van der Waals surface area contributed by atoms with Crippen molar-refractivity contribution >= 4 is 21.9 Å². The summed E-state index contributed by atoms with van der Waals surface area (Å²) in [7, 11) is 1.67.